The van der Waals surface area contributed by atoms with E-state index in [0.29, 0.717) is 6.04 Å². The van der Waals surface area contributed by atoms with E-state index in [0.717, 1.165) is 25.4 Å². The van der Waals surface area contributed by atoms with Gasteiger partial charge in [-0.25, -0.2) is 0 Å². The van der Waals surface area contributed by atoms with Crippen LogP contribution in [0.2, 0.25) is 0 Å². The lowest BCUT2D eigenvalue weighted by molar-refractivity contribution is 0.414. The highest BCUT2D eigenvalue weighted by Gasteiger charge is 2.16. The Morgan fingerprint density at radius 1 is 1.38 bits per heavy atom. The Hall–Kier alpha value is -1.22. The van der Waals surface area contributed by atoms with Crippen LogP contribution in [-0.4, -0.2) is 32.8 Å². The van der Waals surface area contributed by atoms with Gasteiger partial charge in [-0.05, 0) is 32.0 Å². The van der Waals surface area contributed by atoms with Gasteiger partial charge in [-0.3, -0.25) is 0 Å². The van der Waals surface area contributed by atoms with Gasteiger partial charge in [0.1, 0.15) is 5.75 Å². The molecule has 0 radical (unpaired) electrons. The van der Waals surface area contributed by atoms with Crippen molar-refractivity contribution in [1.82, 2.24) is 5.32 Å². The summed E-state index contributed by atoms with van der Waals surface area (Å²) in [6.45, 7) is 5.52. The quantitative estimate of drug-likeness (QED) is 0.823. The van der Waals surface area contributed by atoms with Gasteiger partial charge in [-0.2, -0.15) is 0 Å². The maximum absolute atomic E-state index is 5.27. The van der Waals surface area contributed by atoms with Crippen molar-refractivity contribution in [1.29, 1.82) is 0 Å². The van der Waals surface area contributed by atoms with Gasteiger partial charge in [0.25, 0.3) is 0 Å². The highest BCUT2D eigenvalue weighted by Crippen LogP contribution is 2.23. The smallest absolute Gasteiger partial charge is 0.120 e. The number of nitrogens with zero attached hydrogens (tertiary/aromatic N) is 1. The average Bonchev–Trinajstić information content (AvgIpc) is 2.54. The summed E-state index contributed by atoms with van der Waals surface area (Å²) in [5, 5.41) is 3.43. The molecule has 1 heterocycles. The molecule has 1 unspecified atom stereocenters. The lowest BCUT2D eigenvalue weighted by Gasteiger charge is -2.29. The van der Waals surface area contributed by atoms with Gasteiger partial charge in [-0.15, -0.1) is 0 Å². The molecule has 1 aromatic carbocycles. The van der Waals surface area contributed by atoms with Crippen molar-refractivity contribution < 1.29 is 4.74 Å². The fourth-order valence-electron chi connectivity index (χ4n) is 2.18. The van der Waals surface area contributed by atoms with Gasteiger partial charge in [0.05, 0.1) is 7.11 Å². The summed E-state index contributed by atoms with van der Waals surface area (Å²) in [4.78, 5) is 2.45. The number of hydrogen-bond acceptors (Lipinski definition) is 3. The van der Waals surface area contributed by atoms with Gasteiger partial charge >= 0.3 is 0 Å². The highest BCUT2D eigenvalue weighted by molar-refractivity contribution is 5.51. The molecule has 2 rings (SSSR count). The van der Waals surface area contributed by atoms with E-state index < -0.39 is 0 Å². The molecule has 16 heavy (non-hydrogen) atoms. The molecule has 1 aliphatic heterocycles. The topological polar surface area (TPSA) is 24.5 Å². The average molecular weight is 220 g/mol. The number of anilines is 1. The molecule has 0 bridgehead atoms. The SMILES string of the molecule is COc1cccc(N2CCNCCC2C)c1. The Morgan fingerprint density at radius 3 is 3.06 bits per heavy atom. The van der Waals surface area contributed by atoms with Crippen LogP contribution in [0.3, 0.4) is 0 Å². The molecule has 0 saturated carbocycles. The third-order valence-corrected chi connectivity index (χ3v) is 3.19. The molecule has 1 N–H and O–H groups in total. The lowest BCUT2D eigenvalue weighted by Crippen LogP contribution is -2.34. The van der Waals surface area contributed by atoms with Crippen LogP contribution < -0.4 is 15.0 Å². The van der Waals surface area contributed by atoms with Crippen LogP contribution >= 0.6 is 0 Å². The van der Waals surface area contributed by atoms with E-state index in [2.05, 4.69) is 35.3 Å². The molecule has 0 amide bonds. The van der Waals surface area contributed by atoms with Crippen molar-refractivity contribution in [2.75, 3.05) is 31.6 Å². The van der Waals surface area contributed by atoms with Gasteiger partial charge in [0, 0.05) is 30.9 Å². The molecule has 0 spiro atoms. The molecule has 1 fully saturated rings. The fourth-order valence-corrected chi connectivity index (χ4v) is 2.18. The first-order valence-electron chi connectivity index (χ1n) is 5.92. The zero-order chi connectivity index (χ0) is 11.4. The van der Waals surface area contributed by atoms with Gasteiger partial charge in [-0.1, -0.05) is 6.07 Å². The van der Waals surface area contributed by atoms with E-state index in [9.17, 15) is 0 Å². The van der Waals surface area contributed by atoms with Crippen LogP contribution in [0.15, 0.2) is 24.3 Å². The number of rotatable bonds is 2. The zero-order valence-corrected chi connectivity index (χ0v) is 10.1. The number of benzene rings is 1. The third-order valence-electron chi connectivity index (χ3n) is 3.19. The normalized spacial score (nSPS) is 21.6. The monoisotopic (exact) mass is 220 g/mol. The maximum Gasteiger partial charge on any atom is 0.120 e. The Bertz CT molecular complexity index is 340. The Morgan fingerprint density at radius 2 is 2.25 bits per heavy atom. The van der Waals surface area contributed by atoms with Crippen molar-refractivity contribution in [3.05, 3.63) is 24.3 Å². The van der Waals surface area contributed by atoms with Crippen LogP contribution in [0.5, 0.6) is 5.75 Å². The predicted molar refractivity (Wildman–Crippen MR) is 67.3 cm³/mol. The minimum atomic E-state index is 0.585. The highest BCUT2D eigenvalue weighted by atomic mass is 16.5. The van der Waals surface area contributed by atoms with Crippen molar-refractivity contribution in [2.45, 2.75) is 19.4 Å². The second kappa shape index (κ2) is 5.21. The number of hydrogen-bond donors (Lipinski definition) is 1. The summed E-state index contributed by atoms with van der Waals surface area (Å²) in [6, 6.07) is 8.90. The van der Waals surface area contributed by atoms with Crippen molar-refractivity contribution in [2.24, 2.45) is 0 Å². The van der Waals surface area contributed by atoms with Gasteiger partial charge < -0.3 is 15.0 Å². The summed E-state index contributed by atoms with van der Waals surface area (Å²) < 4.78 is 5.27. The van der Waals surface area contributed by atoms with Gasteiger partial charge in [0.2, 0.25) is 0 Å². The fraction of sp³-hybridized carbons (Fsp3) is 0.538. The van der Waals surface area contributed by atoms with Gasteiger partial charge in [0.15, 0.2) is 0 Å². The Balaban J connectivity index is 2.19. The molecule has 0 aromatic heterocycles. The molecule has 3 nitrogen and oxygen atoms in total. The molecular weight excluding hydrogens is 200 g/mol. The number of methoxy groups -OCH3 is 1. The van der Waals surface area contributed by atoms with Crippen LogP contribution in [0, 0.1) is 0 Å². The molecule has 1 saturated heterocycles. The summed E-state index contributed by atoms with van der Waals surface area (Å²) in [6.07, 6.45) is 1.19. The molecule has 0 aliphatic carbocycles. The second-order valence-corrected chi connectivity index (χ2v) is 4.28. The minimum absolute atomic E-state index is 0.585. The van der Waals surface area contributed by atoms with Crippen LogP contribution in [0.25, 0.3) is 0 Å². The molecule has 88 valence electrons. The molecular formula is C13H20N2O. The van der Waals surface area contributed by atoms with Crippen LogP contribution in [-0.2, 0) is 0 Å². The van der Waals surface area contributed by atoms with Crippen molar-refractivity contribution in [3.8, 4) is 5.75 Å². The zero-order valence-electron chi connectivity index (χ0n) is 10.1. The molecule has 3 heteroatoms. The number of nitrogens with one attached hydrogen (secondary N) is 1. The first kappa shape index (κ1) is 11.3. The Kier molecular flexibility index (Phi) is 3.67. The Labute approximate surface area is 97.4 Å². The van der Waals surface area contributed by atoms with Crippen molar-refractivity contribution >= 4 is 5.69 Å². The second-order valence-electron chi connectivity index (χ2n) is 4.28. The molecule has 1 atom stereocenters. The van der Waals surface area contributed by atoms with Crippen LogP contribution in [0.1, 0.15) is 13.3 Å². The lowest BCUT2D eigenvalue weighted by atomic mass is 10.2. The van der Waals surface area contributed by atoms with Crippen LogP contribution in [0.4, 0.5) is 5.69 Å². The van der Waals surface area contributed by atoms with Crippen molar-refractivity contribution in [3.63, 3.8) is 0 Å². The summed E-state index contributed by atoms with van der Waals surface area (Å²) in [5.74, 6) is 0.932. The predicted octanol–water partition coefficient (Wildman–Crippen LogP) is 1.88. The summed E-state index contributed by atoms with van der Waals surface area (Å²) in [7, 11) is 1.71. The molecule has 1 aromatic rings. The largest absolute Gasteiger partial charge is 0.497 e. The van der Waals surface area contributed by atoms with E-state index in [1.807, 2.05) is 6.07 Å². The minimum Gasteiger partial charge on any atom is -0.497 e. The summed E-state index contributed by atoms with van der Waals surface area (Å²) in [5.41, 5.74) is 1.26. The maximum atomic E-state index is 5.27. The standard InChI is InChI=1S/C13H20N2O/c1-11-6-7-14-8-9-15(11)12-4-3-5-13(10-12)16-2/h3-5,10-11,14H,6-9H2,1-2H3. The van der Waals surface area contributed by atoms with E-state index in [-0.39, 0.29) is 0 Å². The number of ether oxygens (including phenoxy) is 1. The van der Waals surface area contributed by atoms with E-state index in [1.54, 1.807) is 7.11 Å². The first-order chi connectivity index (χ1) is 7.81. The van der Waals surface area contributed by atoms with E-state index in [4.69, 9.17) is 4.74 Å². The third kappa shape index (κ3) is 2.47. The first-order valence-corrected chi connectivity index (χ1v) is 5.92. The summed E-state index contributed by atoms with van der Waals surface area (Å²) >= 11 is 0. The van der Waals surface area contributed by atoms with E-state index >= 15 is 0 Å². The molecule has 1 aliphatic rings. The van der Waals surface area contributed by atoms with E-state index in [1.165, 1.54) is 12.1 Å².